The van der Waals surface area contributed by atoms with Crippen molar-refractivity contribution in [2.75, 3.05) is 56.2 Å². The van der Waals surface area contributed by atoms with Gasteiger partial charge in [-0.2, -0.15) is 0 Å². The number of benzene rings is 2. The van der Waals surface area contributed by atoms with Crippen molar-refractivity contribution in [1.82, 2.24) is 4.90 Å². The molecule has 0 spiro atoms. The molecule has 4 rings (SSSR count). The van der Waals surface area contributed by atoms with Crippen LogP contribution in [0.4, 0.5) is 11.4 Å². The average Bonchev–Trinajstić information content (AvgIpc) is 3.04. The zero-order valence-electron chi connectivity index (χ0n) is 27.0. The molecule has 2 aromatic rings. The van der Waals surface area contributed by atoms with Crippen LogP contribution in [0.5, 0.6) is 5.75 Å². The van der Waals surface area contributed by atoms with Crippen molar-refractivity contribution in [2.45, 2.75) is 90.4 Å². The van der Waals surface area contributed by atoms with Crippen molar-refractivity contribution >= 4 is 46.5 Å². The Morgan fingerprint density at radius 1 is 0.911 bits per heavy atom. The molecule has 1 saturated heterocycles. The summed E-state index contributed by atoms with van der Waals surface area (Å²) in [4.78, 5) is 29.7. The fraction of sp³-hybridized carbons (Fsp3) is 0.611. The lowest BCUT2D eigenvalue weighted by Crippen LogP contribution is -2.46. The molecule has 1 atom stereocenters. The minimum Gasteiger partial charge on any atom is -0.494 e. The molecule has 0 saturated carbocycles. The van der Waals surface area contributed by atoms with Gasteiger partial charge in [0, 0.05) is 44.4 Å². The first-order valence-corrected chi connectivity index (χ1v) is 17.8. The number of carbonyl (C=O) groups is 2. The van der Waals surface area contributed by atoms with Crippen LogP contribution in [-0.4, -0.2) is 62.7 Å². The number of piperazine rings is 1. The second-order valence-electron chi connectivity index (χ2n) is 12.4. The number of unbranched alkanes of at least 4 members (excludes halogenated alkanes) is 9. The minimum absolute atomic E-state index is 0.103. The smallest absolute Gasteiger partial charge is 0.305 e. The van der Waals surface area contributed by atoms with E-state index in [0.29, 0.717) is 29.5 Å². The van der Waals surface area contributed by atoms with Crippen molar-refractivity contribution < 1.29 is 19.1 Å². The maximum absolute atomic E-state index is 12.7. The Hall–Kier alpha value is -2.48. The SMILES string of the molecule is CCCCCCCCCCCC(=O)OCC1Cc2ccc(OCCCCN3CCN(c4cccc(Cl)c4Cl)CC3)cc2NC1=O. The minimum atomic E-state index is -0.360. The number of anilines is 2. The number of amides is 1. The molecule has 7 nitrogen and oxygen atoms in total. The molecular weight excluding hydrogens is 609 g/mol. The van der Waals surface area contributed by atoms with Gasteiger partial charge in [0.1, 0.15) is 12.4 Å². The fourth-order valence-electron chi connectivity index (χ4n) is 6.09. The van der Waals surface area contributed by atoms with Gasteiger partial charge < -0.3 is 19.7 Å². The molecule has 0 aliphatic carbocycles. The molecule has 1 N–H and O–H groups in total. The number of esters is 1. The summed E-state index contributed by atoms with van der Waals surface area (Å²) in [7, 11) is 0. The first-order chi connectivity index (χ1) is 21.9. The number of carbonyl (C=O) groups excluding carboxylic acids is 2. The standard InChI is InChI=1S/C36H51Cl2N3O4/c1-2-3-4-5-6-7-8-9-10-16-34(42)45-27-29-25-28-17-18-30(26-32(28)39-36(29)43)44-24-12-11-19-40-20-22-41(23-21-40)33-15-13-14-31(37)35(33)38/h13-15,17-18,26,29H,2-12,16,19-25,27H2,1H3,(H,39,43). The molecule has 2 heterocycles. The highest BCUT2D eigenvalue weighted by atomic mass is 35.5. The number of ether oxygens (including phenoxy) is 2. The van der Waals surface area contributed by atoms with E-state index in [1.807, 2.05) is 36.4 Å². The zero-order chi connectivity index (χ0) is 31.9. The van der Waals surface area contributed by atoms with Crippen molar-refractivity contribution in [3.8, 4) is 5.75 Å². The van der Waals surface area contributed by atoms with Crippen molar-refractivity contribution in [3.63, 3.8) is 0 Å². The van der Waals surface area contributed by atoms with Gasteiger partial charge in [-0.05, 0) is 56.0 Å². The Bertz CT molecular complexity index is 1220. The Morgan fingerprint density at radius 2 is 1.64 bits per heavy atom. The number of halogens is 2. The molecule has 1 fully saturated rings. The molecule has 2 aliphatic rings. The maximum Gasteiger partial charge on any atom is 0.305 e. The quantitative estimate of drug-likeness (QED) is 0.120. The monoisotopic (exact) mass is 659 g/mol. The number of nitrogens with one attached hydrogen (secondary N) is 1. The second kappa shape index (κ2) is 19.2. The summed E-state index contributed by atoms with van der Waals surface area (Å²) in [6, 6.07) is 11.7. The van der Waals surface area contributed by atoms with Crippen molar-refractivity contribution in [2.24, 2.45) is 5.92 Å². The van der Waals surface area contributed by atoms with E-state index in [1.54, 1.807) is 0 Å². The highest BCUT2D eigenvalue weighted by molar-refractivity contribution is 6.43. The van der Waals surface area contributed by atoms with Crippen LogP contribution in [0.25, 0.3) is 0 Å². The third kappa shape index (κ3) is 11.7. The summed E-state index contributed by atoms with van der Waals surface area (Å²) >= 11 is 12.6. The third-order valence-electron chi connectivity index (χ3n) is 8.89. The average molecular weight is 661 g/mol. The molecule has 45 heavy (non-hydrogen) atoms. The summed E-state index contributed by atoms with van der Waals surface area (Å²) < 4.78 is 11.5. The lowest BCUT2D eigenvalue weighted by Gasteiger charge is -2.36. The summed E-state index contributed by atoms with van der Waals surface area (Å²) in [5.74, 6) is 0.0888. The summed E-state index contributed by atoms with van der Waals surface area (Å²) in [6.45, 7) is 7.87. The Labute approximate surface area is 279 Å². The predicted octanol–water partition coefficient (Wildman–Crippen LogP) is 8.55. The van der Waals surface area contributed by atoms with Gasteiger partial charge in [-0.25, -0.2) is 0 Å². The van der Waals surface area contributed by atoms with Gasteiger partial charge in [0.2, 0.25) is 5.91 Å². The van der Waals surface area contributed by atoms with E-state index in [9.17, 15) is 9.59 Å². The second-order valence-corrected chi connectivity index (χ2v) is 13.2. The van der Waals surface area contributed by atoms with E-state index in [1.165, 1.54) is 44.9 Å². The van der Waals surface area contributed by atoms with Gasteiger partial charge in [-0.3, -0.25) is 14.5 Å². The Kier molecular flexibility index (Phi) is 15.1. The highest BCUT2D eigenvalue weighted by Crippen LogP contribution is 2.33. The first-order valence-electron chi connectivity index (χ1n) is 17.1. The lowest BCUT2D eigenvalue weighted by molar-refractivity contribution is -0.146. The summed E-state index contributed by atoms with van der Waals surface area (Å²) in [6.07, 6.45) is 13.9. The highest BCUT2D eigenvalue weighted by Gasteiger charge is 2.28. The molecule has 1 amide bonds. The molecule has 2 aliphatic heterocycles. The van der Waals surface area contributed by atoms with Gasteiger partial charge in [0.15, 0.2) is 0 Å². The van der Waals surface area contributed by atoms with Crippen LogP contribution in [0.1, 0.15) is 89.5 Å². The van der Waals surface area contributed by atoms with E-state index < -0.39 is 0 Å². The summed E-state index contributed by atoms with van der Waals surface area (Å²) in [5, 5.41) is 4.22. The predicted molar refractivity (Wildman–Crippen MR) is 185 cm³/mol. The molecule has 2 aromatic carbocycles. The molecular formula is C36H51Cl2N3O4. The van der Waals surface area contributed by atoms with E-state index in [4.69, 9.17) is 32.7 Å². The van der Waals surface area contributed by atoms with E-state index in [2.05, 4.69) is 22.0 Å². The van der Waals surface area contributed by atoms with Crippen molar-refractivity contribution in [3.05, 3.63) is 52.0 Å². The van der Waals surface area contributed by atoms with Gasteiger partial charge in [0.05, 0.1) is 28.3 Å². The van der Waals surface area contributed by atoms with Crippen LogP contribution in [0, 0.1) is 5.92 Å². The van der Waals surface area contributed by atoms with Gasteiger partial charge in [-0.15, -0.1) is 0 Å². The van der Waals surface area contributed by atoms with E-state index >= 15 is 0 Å². The Balaban J connectivity index is 1.06. The van der Waals surface area contributed by atoms with Crippen LogP contribution in [0.3, 0.4) is 0 Å². The molecule has 9 heteroatoms. The zero-order valence-corrected chi connectivity index (χ0v) is 28.5. The normalized spacial score (nSPS) is 16.7. The molecule has 0 aromatic heterocycles. The van der Waals surface area contributed by atoms with E-state index in [-0.39, 0.29) is 24.4 Å². The molecule has 0 bridgehead atoms. The maximum atomic E-state index is 12.7. The van der Waals surface area contributed by atoms with Crippen LogP contribution in [0.15, 0.2) is 36.4 Å². The molecule has 1 unspecified atom stereocenters. The lowest BCUT2D eigenvalue weighted by atomic mass is 9.93. The topological polar surface area (TPSA) is 71.1 Å². The summed E-state index contributed by atoms with van der Waals surface area (Å²) in [5.41, 5.74) is 2.84. The molecule has 248 valence electrons. The number of hydrogen-bond donors (Lipinski definition) is 1. The number of rotatable bonds is 19. The third-order valence-corrected chi connectivity index (χ3v) is 9.70. The number of fused-ring (bicyclic) bond motifs is 1. The van der Waals surface area contributed by atoms with E-state index in [0.717, 1.165) is 81.1 Å². The number of hydrogen-bond acceptors (Lipinski definition) is 6. The first kappa shape index (κ1) is 35.4. The van der Waals surface area contributed by atoms with Crippen LogP contribution in [0.2, 0.25) is 10.0 Å². The Morgan fingerprint density at radius 3 is 2.40 bits per heavy atom. The van der Waals surface area contributed by atoms with Gasteiger partial charge in [0.25, 0.3) is 0 Å². The number of nitrogens with zero attached hydrogens (tertiary/aromatic N) is 2. The van der Waals surface area contributed by atoms with Gasteiger partial charge >= 0.3 is 5.97 Å². The van der Waals surface area contributed by atoms with Crippen LogP contribution >= 0.6 is 23.2 Å². The van der Waals surface area contributed by atoms with Gasteiger partial charge in [-0.1, -0.05) is 93.6 Å². The fourth-order valence-corrected chi connectivity index (χ4v) is 6.50. The van der Waals surface area contributed by atoms with Crippen molar-refractivity contribution in [1.29, 1.82) is 0 Å². The van der Waals surface area contributed by atoms with Crippen LogP contribution in [-0.2, 0) is 20.7 Å². The largest absolute Gasteiger partial charge is 0.494 e. The molecule has 0 radical (unpaired) electrons. The van der Waals surface area contributed by atoms with Crippen LogP contribution < -0.4 is 15.0 Å².